The van der Waals surface area contributed by atoms with Gasteiger partial charge < -0.3 is 16.0 Å². The number of benzene rings is 1. The predicted molar refractivity (Wildman–Crippen MR) is 78.4 cm³/mol. The summed E-state index contributed by atoms with van der Waals surface area (Å²) < 4.78 is 0. The number of amides is 1. The molecular weight excluding hydrogens is 262 g/mol. The van der Waals surface area contributed by atoms with Gasteiger partial charge in [0.1, 0.15) is 0 Å². The van der Waals surface area contributed by atoms with Gasteiger partial charge in [-0.3, -0.25) is 4.79 Å². The average Bonchev–Trinajstić information content (AvgIpc) is 2.37. The molecule has 0 radical (unpaired) electrons. The van der Waals surface area contributed by atoms with Crippen LogP contribution in [-0.4, -0.2) is 36.5 Å². The molecule has 4 nitrogen and oxygen atoms in total. The van der Waals surface area contributed by atoms with E-state index in [1.807, 2.05) is 0 Å². The van der Waals surface area contributed by atoms with Gasteiger partial charge in [-0.1, -0.05) is 11.6 Å². The van der Waals surface area contributed by atoms with Gasteiger partial charge in [0.15, 0.2) is 0 Å². The largest absolute Gasteiger partial charge is 0.398 e. The Labute approximate surface area is 118 Å². The van der Waals surface area contributed by atoms with Gasteiger partial charge in [-0.25, -0.2) is 0 Å². The van der Waals surface area contributed by atoms with E-state index in [0.717, 1.165) is 19.4 Å². The Hall–Kier alpha value is -1.26. The van der Waals surface area contributed by atoms with Crippen molar-refractivity contribution < 1.29 is 4.79 Å². The molecule has 1 aliphatic rings. The lowest BCUT2D eigenvalue weighted by Gasteiger charge is -2.35. The minimum Gasteiger partial charge on any atom is -0.398 e. The summed E-state index contributed by atoms with van der Waals surface area (Å²) in [5.41, 5.74) is 6.71. The van der Waals surface area contributed by atoms with E-state index in [-0.39, 0.29) is 11.9 Å². The number of nitrogen functional groups attached to an aromatic ring is 1. The number of rotatable bonds is 2. The molecule has 1 aromatic rings. The molecule has 0 spiro atoms. The molecule has 2 unspecified atom stereocenters. The van der Waals surface area contributed by atoms with E-state index < -0.39 is 0 Å². The summed E-state index contributed by atoms with van der Waals surface area (Å²) >= 11 is 5.85. The third-order valence-corrected chi connectivity index (χ3v) is 4.15. The Morgan fingerprint density at radius 3 is 2.89 bits per heavy atom. The maximum Gasteiger partial charge on any atom is 0.251 e. The van der Waals surface area contributed by atoms with Crippen LogP contribution in [0.2, 0.25) is 5.02 Å². The van der Waals surface area contributed by atoms with E-state index in [1.54, 1.807) is 18.2 Å². The van der Waals surface area contributed by atoms with Gasteiger partial charge in [0.05, 0.1) is 10.7 Å². The van der Waals surface area contributed by atoms with Gasteiger partial charge in [-0.15, -0.1) is 0 Å². The van der Waals surface area contributed by atoms with Crippen molar-refractivity contribution in [3.05, 3.63) is 28.8 Å². The maximum atomic E-state index is 12.1. The van der Waals surface area contributed by atoms with Crippen LogP contribution in [0.15, 0.2) is 18.2 Å². The van der Waals surface area contributed by atoms with E-state index in [0.29, 0.717) is 22.3 Å². The molecular formula is C14H20ClN3O. The van der Waals surface area contributed by atoms with E-state index in [4.69, 9.17) is 17.3 Å². The fraction of sp³-hybridized carbons (Fsp3) is 0.500. The molecule has 0 aromatic heterocycles. The van der Waals surface area contributed by atoms with Crippen molar-refractivity contribution in [1.82, 2.24) is 10.2 Å². The van der Waals surface area contributed by atoms with Crippen LogP contribution in [0, 0.1) is 0 Å². The zero-order chi connectivity index (χ0) is 14.0. The third-order valence-electron chi connectivity index (χ3n) is 3.80. The summed E-state index contributed by atoms with van der Waals surface area (Å²) in [6.45, 7) is 3.19. The summed E-state index contributed by atoms with van der Waals surface area (Å²) in [7, 11) is 2.11. The molecule has 5 heteroatoms. The van der Waals surface area contributed by atoms with E-state index in [1.165, 1.54) is 0 Å². The van der Waals surface area contributed by atoms with Crippen LogP contribution in [0.3, 0.4) is 0 Å². The summed E-state index contributed by atoms with van der Waals surface area (Å²) in [4.78, 5) is 14.4. The molecule has 0 saturated carbocycles. The van der Waals surface area contributed by atoms with Crippen molar-refractivity contribution in [2.45, 2.75) is 31.8 Å². The van der Waals surface area contributed by atoms with Crippen LogP contribution in [0.25, 0.3) is 0 Å². The topological polar surface area (TPSA) is 58.4 Å². The monoisotopic (exact) mass is 281 g/mol. The fourth-order valence-corrected chi connectivity index (χ4v) is 2.49. The first-order chi connectivity index (χ1) is 8.97. The Balaban J connectivity index is 1.99. The molecule has 1 aliphatic heterocycles. The number of piperidine rings is 1. The lowest BCUT2D eigenvalue weighted by molar-refractivity contribution is 0.0896. The Morgan fingerprint density at radius 2 is 2.26 bits per heavy atom. The molecule has 2 atom stereocenters. The maximum absolute atomic E-state index is 12.1. The number of carbonyl (C=O) groups excluding carboxylic acids is 1. The zero-order valence-electron chi connectivity index (χ0n) is 11.3. The van der Waals surface area contributed by atoms with Crippen LogP contribution in [0.5, 0.6) is 0 Å². The lowest BCUT2D eigenvalue weighted by Crippen LogP contribution is -2.47. The number of anilines is 1. The lowest BCUT2D eigenvalue weighted by atomic mass is 9.98. The molecule has 0 aliphatic carbocycles. The number of nitrogens with one attached hydrogen (secondary N) is 1. The number of hydrogen-bond donors (Lipinski definition) is 2. The molecule has 2 rings (SSSR count). The van der Waals surface area contributed by atoms with Crippen molar-refractivity contribution in [3.63, 3.8) is 0 Å². The predicted octanol–water partition coefficient (Wildman–Crippen LogP) is 2.13. The van der Waals surface area contributed by atoms with Crippen molar-refractivity contribution in [3.8, 4) is 0 Å². The second kappa shape index (κ2) is 5.80. The standard InChI is InChI=1S/C14H20ClN3O/c1-9-7-11(5-6-18(9)2)17-14(19)10-3-4-12(15)13(16)8-10/h3-4,8-9,11H,5-7,16H2,1-2H3,(H,17,19). The molecule has 1 amide bonds. The van der Waals surface area contributed by atoms with Gasteiger partial charge >= 0.3 is 0 Å². The van der Waals surface area contributed by atoms with E-state index in [9.17, 15) is 4.79 Å². The molecule has 1 heterocycles. The summed E-state index contributed by atoms with van der Waals surface area (Å²) in [5.74, 6) is -0.0786. The van der Waals surface area contributed by atoms with E-state index in [2.05, 4.69) is 24.2 Å². The molecule has 3 N–H and O–H groups in total. The highest BCUT2D eigenvalue weighted by molar-refractivity contribution is 6.33. The second-order valence-corrected chi connectivity index (χ2v) is 5.67. The van der Waals surface area contributed by atoms with Gasteiger partial charge in [-0.05, 0) is 45.0 Å². The molecule has 1 aromatic carbocycles. The van der Waals surface area contributed by atoms with Gasteiger partial charge in [0.2, 0.25) is 0 Å². The fourth-order valence-electron chi connectivity index (χ4n) is 2.37. The Bertz CT molecular complexity index is 478. The SMILES string of the molecule is CC1CC(NC(=O)c2ccc(Cl)c(N)c2)CCN1C. The first kappa shape index (κ1) is 14.2. The highest BCUT2D eigenvalue weighted by atomic mass is 35.5. The summed E-state index contributed by atoms with van der Waals surface area (Å²) in [5, 5.41) is 3.54. The normalized spacial score (nSPS) is 24.2. The molecule has 1 fully saturated rings. The number of nitrogens with two attached hydrogens (primary N) is 1. The zero-order valence-corrected chi connectivity index (χ0v) is 12.1. The minimum absolute atomic E-state index is 0.0786. The molecule has 19 heavy (non-hydrogen) atoms. The first-order valence-electron chi connectivity index (χ1n) is 6.53. The van der Waals surface area contributed by atoms with Crippen LogP contribution in [-0.2, 0) is 0 Å². The van der Waals surface area contributed by atoms with Gasteiger partial charge in [0.25, 0.3) is 5.91 Å². The molecule has 1 saturated heterocycles. The van der Waals surface area contributed by atoms with Crippen molar-refractivity contribution in [2.75, 3.05) is 19.3 Å². The number of likely N-dealkylation sites (tertiary alicyclic amines) is 1. The first-order valence-corrected chi connectivity index (χ1v) is 6.91. The number of halogens is 1. The van der Waals surface area contributed by atoms with Crippen molar-refractivity contribution in [1.29, 1.82) is 0 Å². The van der Waals surface area contributed by atoms with Crippen molar-refractivity contribution >= 4 is 23.2 Å². The number of nitrogens with zero attached hydrogens (tertiary/aromatic N) is 1. The Morgan fingerprint density at radius 1 is 1.53 bits per heavy atom. The summed E-state index contributed by atoms with van der Waals surface area (Å²) in [6.07, 6.45) is 1.96. The highest BCUT2D eigenvalue weighted by Gasteiger charge is 2.24. The van der Waals surface area contributed by atoms with E-state index >= 15 is 0 Å². The summed E-state index contributed by atoms with van der Waals surface area (Å²) in [6, 6.07) is 5.70. The quantitative estimate of drug-likeness (QED) is 0.817. The van der Waals surface area contributed by atoms with Gasteiger partial charge in [0, 0.05) is 24.2 Å². The van der Waals surface area contributed by atoms with Crippen LogP contribution < -0.4 is 11.1 Å². The van der Waals surface area contributed by atoms with Crippen LogP contribution in [0.4, 0.5) is 5.69 Å². The van der Waals surface area contributed by atoms with Gasteiger partial charge in [-0.2, -0.15) is 0 Å². The second-order valence-electron chi connectivity index (χ2n) is 5.26. The average molecular weight is 282 g/mol. The van der Waals surface area contributed by atoms with Crippen LogP contribution >= 0.6 is 11.6 Å². The minimum atomic E-state index is -0.0786. The molecule has 0 bridgehead atoms. The highest BCUT2D eigenvalue weighted by Crippen LogP contribution is 2.20. The number of carbonyl (C=O) groups is 1. The molecule has 104 valence electrons. The smallest absolute Gasteiger partial charge is 0.251 e. The third kappa shape index (κ3) is 3.39. The number of hydrogen-bond acceptors (Lipinski definition) is 3. The van der Waals surface area contributed by atoms with Crippen LogP contribution in [0.1, 0.15) is 30.1 Å². The van der Waals surface area contributed by atoms with Crippen molar-refractivity contribution in [2.24, 2.45) is 0 Å². The Kier molecular flexibility index (Phi) is 4.32.